The first-order chi connectivity index (χ1) is 8.76. The Morgan fingerprint density at radius 2 is 1.94 bits per heavy atom. The Bertz CT molecular complexity index is 310. The zero-order chi connectivity index (χ0) is 13.3. The number of aliphatic hydroxyl groups is 1. The molecule has 1 atom stereocenters. The Labute approximate surface area is 110 Å². The Kier molecular flexibility index (Phi) is 6.76. The molecule has 2 N–H and O–H groups in total. The third kappa shape index (κ3) is 4.67. The predicted octanol–water partition coefficient (Wildman–Crippen LogP) is 2.60. The average Bonchev–Trinajstić information content (AvgIpc) is 2.43. The number of hydrogen-bond acceptors (Lipinski definition) is 3. The summed E-state index contributed by atoms with van der Waals surface area (Å²) in [4.78, 5) is 0. The largest absolute Gasteiger partial charge is 0.494 e. The van der Waals surface area contributed by atoms with Crippen LogP contribution in [0.1, 0.15) is 33.1 Å². The summed E-state index contributed by atoms with van der Waals surface area (Å²) in [6.45, 7) is 5.94. The summed E-state index contributed by atoms with van der Waals surface area (Å²) < 4.78 is 5.66. The van der Waals surface area contributed by atoms with Crippen molar-refractivity contribution in [1.29, 1.82) is 0 Å². The van der Waals surface area contributed by atoms with Gasteiger partial charge >= 0.3 is 0 Å². The van der Waals surface area contributed by atoms with Crippen LogP contribution in [-0.2, 0) is 0 Å². The summed E-state index contributed by atoms with van der Waals surface area (Å²) in [6.07, 6.45) is 2.81. The van der Waals surface area contributed by atoms with Crippen molar-refractivity contribution < 1.29 is 9.84 Å². The summed E-state index contributed by atoms with van der Waals surface area (Å²) >= 11 is 0. The van der Waals surface area contributed by atoms with Crippen molar-refractivity contribution in [3.63, 3.8) is 0 Å². The first-order valence-corrected chi connectivity index (χ1v) is 6.80. The lowest BCUT2D eigenvalue weighted by molar-refractivity contribution is 0.139. The molecule has 3 nitrogen and oxygen atoms in total. The molecule has 0 aliphatic heterocycles. The fourth-order valence-corrected chi connectivity index (χ4v) is 2.13. The fourth-order valence-electron chi connectivity index (χ4n) is 2.13. The molecule has 0 bridgehead atoms. The van der Waals surface area contributed by atoms with E-state index in [2.05, 4.69) is 19.2 Å². The molecule has 0 spiro atoms. The maximum atomic E-state index is 9.52. The van der Waals surface area contributed by atoms with Crippen molar-refractivity contribution in [3.8, 4) is 5.75 Å². The number of hydrogen-bond donors (Lipinski definition) is 2. The molecule has 0 amide bonds. The lowest BCUT2D eigenvalue weighted by atomic mass is 9.91. The zero-order valence-corrected chi connectivity index (χ0v) is 11.5. The van der Waals surface area contributed by atoms with Gasteiger partial charge in [0.05, 0.1) is 13.2 Å². The van der Waals surface area contributed by atoms with Gasteiger partial charge in [0.15, 0.2) is 0 Å². The molecule has 0 aromatic heterocycles. The standard InChI is InChI=1S/C15H25NO2/c1-3-15(13-17,16-4-2)11-8-12-18-14-9-6-5-7-10-14/h5-7,9-10,16-17H,3-4,8,11-13H2,1-2H3. The van der Waals surface area contributed by atoms with Crippen LogP contribution in [0, 0.1) is 0 Å². The van der Waals surface area contributed by atoms with Crippen molar-refractivity contribution >= 4 is 0 Å². The maximum Gasteiger partial charge on any atom is 0.119 e. The second kappa shape index (κ2) is 8.11. The summed E-state index contributed by atoms with van der Waals surface area (Å²) in [5.74, 6) is 0.909. The van der Waals surface area contributed by atoms with E-state index in [4.69, 9.17) is 4.74 Å². The van der Waals surface area contributed by atoms with Gasteiger partial charge in [0, 0.05) is 5.54 Å². The summed E-state index contributed by atoms with van der Waals surface area (Å²) in [5.41, 5.74) is -0.144. The van der Waals surface area contributed by atoms with E-state index in [1.807, 2.05) is 30.3 Å². The first kappa shape index (κ1) is 15.0. The van der Waals surface area contributed by atoms with Gasteiger partial charge in [-0.15, -0.1) is 0 Å². The highest BCUT2D eigenvalue weighted by Gasteiger charge is 2.25. The van der Waals surface area contributed by atoms with Gasteiger partial charge in [0.2, 0.25) is 0 Å². The molecule has 0 radical (unpaired) electrons. The van der Waals surface area contributed by atoms with Crippen LogP contribution >= 0.6 is 0 Å². The van der Waals surface area contributed by atoms with Crippen molar-refractivity contribution in [2.45, 2.75) is 38.6 Å². The molecular formula is C15H25NO2. The van der Waals surface area contributed by atoms with Gasteiger partial charge in [-0.25, -0.2) is 0 Å². The zero-order valence-electron chi connectivity index (χ0n) is 11.5. The minimum Gasteiger partial charge on any atom is -0.494 e. The number of rotatable bonds is 9. The van der Waals surface area contributed by atoms with Gasteiger partial charge in [-0.1, -0.05) is 32.0 Å². The van der Waals surface area contributed by atoms with E-state index in [0.717, 1.165) is 31.6 Å². The lowest BCUT2D eigenvalue weighted by Crippen LogP contribution is -2.48. The highest BCUT2D eigenvalue weighted by Crippen LogP contribution is 2.17. The summed E-state index contributed by atoms with van der Waals surface area (Å²) in [6, 6.07) is 9.84. The van der Waals surface area contributed by atoms with Crippen LogP contribution in [0.2, 0.25) is 0 Å². The summed E-state index contributed by atoms with van der Waals surface area (Å²) in [7, 11) is 0. The number of ether oxygens (including phenoxy) is 1. The molecule has 0 saturated heterocycles. The van der Waals surface area contributed by atoms with Gasteiger partial charge in [0.25, 0.3) is 0 Å². The molecule has 3 heteroatoms. The molecule has 18 heavy (non-hydrogen) atoms. The smallest absolute Gasteiger partial charge is 0.119 e. The van der Waals surface area contributed by atoms with Gasteiger partial charge in [-0.3, -0.25) is 0 Å². The molecule has 1 aromatic rings. The number of aliphatic hydroxyl groups excluding tert-OH is 1. The number of likely N-dealkylation sites (N-methyl/N-ethyl adjacent to an activating group) is 1. The topological polar surface area (TPSA) is 41.5 Å². The van der Waals surface area contributed by atoms with E-state index in [1.165, 1.54) is 0 Å². The SMILES string of the molecule is CCNC(CC)(CO)CCCOc1ccccc1. The van der Waals surface area contributed by atoms with Crippen LogP contribution < -0.4 is 10.1 Å². The minimum atomic E-state index is -0.144. The molecule has 102 valence electrons. The molecule has 0 fully saturated rings. The number of benzene rings is 1. The molecule has 1 unspecified atom stereocenters. The van der Waals surface area contributed by atoms with Crippen LogP contribution in [-0.4, -0.2) is 30.4 Å². The Morgan fingerprint density at radius 1 is 1.22 bits per heavy atom. The van der Waals surface area contributed by atoms with Crippen LogP contribution in [0.25, 0.3) is 0 Å². The monoisotopic (exact) mass is 251 g/mol. The second-order valence-corrected chi connectivity index (χ2v) is 4.59. The van der Waals surface area contributed by atoms with Crippen molar-refractivity contribution in [3.05, 3.63) is 30.3 Å². The minimum absolute atomic E-state index is 0.144. The Balaban J connectivity index is 2.31. The first-order valence-electron chi connectivity index (χ1n) is 6.80. The van der Waals surface area contributed by atoms with Crippen molar-refractivity contribution in [1.82, 2.24) is 5.32 Å². The highest BCUT2D eigenvalue weighted by atomic mass is 16.5. The van der Waals surface area contributed by atoms with Crippen LogP contribution in [0.3, 0.4) is 0 Å². The second-order valence-electron chi connectivity index (χ2n) is 4.59. The third-order valence-electron chi connectivity index (χ3n) is 3.34. The van der Waals surface area contributed by atoms with Crippen molar-refractivity contribution in [2.75, 3.05) is 19.8 Å². The van der Waals surface area contributed by atoms with Crippen LogP contribution in [0.15, 0.2) is 30.3 Å². The summed E-state index contributed by atoms with van der Waals surface area (Å²) in [5, 5.41) is 12.9. The molecule has 0 aliphatic rings. The fraction of sp³-hybridized carbons (Fsp3) is 0.600. The van der Waals surface area contributed by atoms with E-state index in [9.17, 15) is 5.11 Å². The van der Waals surface area contributed by atoms with E-state index < -0.39 is 0 Å². The van der Waals surface area contributed by atoms with Crippen LogP contribution in [0.5, 0.6) is 5.75 Å². The van der Waals surface area contributed by atoms with Gasteiger partial charge < -0.3 is 15.2 Å². The normalized spacial score (nSPS) is 14.2. The lowest BCUT2D eigenvalue weighted by Gasteiger charge is -2.31. The molecule has 0 aliphatic carbocycles. The Hall–Kier alpha value is -1.06. The van der Waals surface area contributed by atoms with Gasteiger partial charge in [-0.2, -0.15) is 0 Å². The van der Waals surface area contributed by atoms with Crippen molar-refractivity contribution in [2.24, 2.45) is 0 Å². The quantitative estimate of drug-likeness (QED) is 0.663. The molecule has 1 aromatic carbocycles. The highest BCUT2D eigenvalue weighted by molar-refractivity contribution is 5.20. The van der Waals surface area contributed by atoms with E-state index in [-0.39, 0.29) is 12.1 Å². The molecule has 0 heterocycles. The van der Waals surface area contributed by atoms with E-state index in [1.54, 1.807) is 0 Å². The van der Waals surface area contributed by atoms with E-state index in [0.29, 0.717) is 6.61 Å². The third-order valence-corrected chi connectivity index (χ3v) is 3.34. The maximum absolute atomic E-state index is 9.52. The average molecular weight is 251 g/mol. The number of para-hydroxylation sites is 1. The molecular weight excluding hydrogens is 226 g/mol. The van der Waals surface area contributed by atoms with Crippen LogP contribution in [0.4, 0.5) is 0 Å². The van der Waals surface area contributed by atoms with Gasteiger partial charge in [0.1, 0.15) is 5.75 Å². The molecule has 1 rings (SSSR count). The van der Waals surface area contributed by atoms with E-state index >= 15 is 0 Å². The van der Waals surface area contributed by atoms with Gasteiger partial charge in [-0.05, 0) is 37.9 Å². The molecule has 0 saturated carbocycles. The Morgan fingerprint density at radius 3 is 2.50 bits per heavy atom. The number of nitrogens with one attached hydrogen (secondary N) is 1. The predicted molar refractivity (Wildman–Crippen MR) is 75.0 cm³/mol.